The fraction of sp³-hybridized carbons (Fsp3) is 0.864. The van der Waals surface area contributed by atoms with Gasteiger partial charge in [-0.05, 0) is 48.0 Å². The summed E-state index contributed by atoms with van der Waals surface area (Å²) >= 11 is 0. The van der Waals surface area contributed by atoms with Crippen molar-refractivity contribution in [3.8, 4) is 0 Å². The van der Waals surface area contributed by atoms with Crippen LogP contribution in [0.2, 0.25) is 0 Å². The lowest BCUT2D eigenvalue weighted by Crippen LogP contribution is -2.46. The lowest BCUT2D eigenvalue weighted by molar-refractivity contribution is -0.137. The predicted octanol–water partition coefficient (Wildman–Crippen LogP) is 2.90. The number of nitrogens with zero attached hydrogens (tertiary/aromatic N) is 1. The van der Waals surface area contributed by atoms with Gasteiger partial charge >= 0.3 is 7.82 Å². The Morgan fingerprint density at radius 2 is 1.59 bits per heavy atom. The molecule has 0 saturated heterocycles. The first-order valence-corrected chi connectivity index (χ1v) is 12.9. The van der Waals surface area contributed by atoms with E-state index in [0.29, 0.717) is 19.4 Å². The molecule has 0 bridgehead atoms. The molecule has 0 aromatic rings. The van der Waals surface area contributed by atoms with Crippen LogP contribution in [0.25, 0.3) is 0 Å². The van der Waals surface area contributed by atoms with Gasteiger partial charge in [0.2, 0.25) is 11.8 Å². The van der Waals surface area contributed by atoms with Crippen LogP contribution in [-0.2, 0) is 28.0 Å². The highest BCUT2D eigenvalue weighted by Crippen LogP contribution is 2.49. The highest BCUT2D eigenvalue weighted by molar-refractivity contribution is 7.47. The van der Waals surface area contributed by atoms with Gasteiger partial charge in [-0.15, -0.1) is 0 Å². The number of aliphatic hydroxyl groups excluding tert-OH is 1. The summed E-state index contributed by atoms with van der Waals surface area (Å²) in [5.74, 6) is -0.981. The zero-order chi connectivity index (χ0) is 26.8. The number of amides is 2. The van der Waals surface area contributed by atoms with Gasteiger partial charge in [-0.1, -0.05) is 25.9 Å². The maximum Gasteiger partial charge on any atom is 0.472 e. The third-order valence-electron chi connectivity index (χ3n) is 4.74. The van der Waals surface area contributed by atoms with Crippen LogP contribution in [0.4, 0.5) is 0 Å². The second kappa shape index (κ2) is 13.5. The fourth-order valence-corrected chi connectivity index (χ4v) is 3.51. The summed E-state index contributed by atoms with van der Waals surface area (Å²) in [4.78, 5) is 39.5. The Balaban J connectivity index is 4.43. The topological polar surface area (TPSA) is 156 Å². The number of phosphoric acid groups is 1. The van der Waals surface area contributed by atoms with Crippen LogP contribution in [0, 0.1) is 5.41 Å². The highest BCUT2D eigenvalue weighted by atomic mass is 31.2. The second-order valence-electron chi connectivity index (χ2n) is 10.5. The average molecular weight is 510 g/mol. The van der Waals surface area contributed by atoms with Crippen molar-refractivity contribution >= 4 is 25.3 Å². The summed E-state index contributed by atoms with van der Waals surface area (Å²) in [5.41, 5.74) is -1.69. The minimum Gasteiger partial charge on any atom is -0.390 e. The first-order valence-electron chi connectivity index (χ1n) is 11.4. The average Bonchev–Trinajstić information content (AvgIpc) is 2.69. The minimum atomic E-state index is -4.37. The maximum atomic E-state index is 12.3. The van der Waals surface area contributed by atoms with Crippen LogP contribution in [0.15, 0.2) is 5.16 Å². The van der Waals surface area contributed by atoms with E-state index in [4.69, 9.17) is 13.9 Å². The van der Waals surface area contributed by atoms with E-state index in [1.807, 2.05) is 20.8 Å². The predicted molar refractivity (Wildman–Crippen MR) is 130 cm³/mol. The quantitative estimate of drug-likeness (QED) is 0.149. The van der Waals surface area contributed by atoms with Crippen LogP contribution in [-0.4, -0.2) is 64.5 Å². The molecule has 0 aliphatic rings. The monoisotopic (exact) mass is 509 g/mol. The van der Waals surface area contributed by atoms with Crippen LogP contribution < -0.4 is 10.6 Å². The van der Waals surface area contributed by atoms with Crippen molar-refractivity contribution in [2.75, 3.05) is 19.7 Å². The first kappa shape index (κ1) is 32.5. The molecule has 0 spiro atoms. The summed E-state index contributed by atoms with van der Waals surface area (Å²) in [6.07, 6.45) is -0.497. The summed E-state index contributed by atoms with van der Waals surface area (Å²) in [5, 5.41) is 19.6. The molecule has 2 amide bonds. The molecule has 2 atom stereocenters. The molecule has 0 radical (unpaired) electrons. The van der Waals surface area contributed by atoms with Crippen LogP contribution in [0.3, 0.4) is 0 Å². The van der Waals surface area contributed by atoms with E-state index in [-0.39, 0.29) is 24.5 Å². The SMILES string of the molecule is CCC(C)(C)OP(=O)(O)OCC(C)(C)[C@H](O)C(=O)NCCC(=O)NCC/C(C)=N/OC(C)(C)C. The van der Waals surface area contributed by atoms with Crippen molar-refractivity contribution < 1.29 is 38.0 Å². The summed E-state index contributed by atoms with van der Waals surface area (Å²) in [6, 6.07) is 0. The van der Waals surface area contributed by atoms with Gasteiger partial charge < -0.3 is 25.5 Å². The number of aliphatic hydroxyl groups is 1. The molecule has 0 fully saturated rings. The molecule has 0 heterocycles. The zero-order valence-electron chi connectivity index (χ0n) is 22.1. The van der Waals surface area contributed by atoms with Crippen molar-refractivity contribution in [1.82, 2.24) is 10.6 Å². The number of carbonyl (C=O) groups is 2. The smallest absolute Gasteiger partial charge is 0.390 e. The Labute approximate surface area is 203 Å². The van der Waals surface area contributed by atoms with Crippen molar-refractivity contribution in [3.63, 3.8) is 0 Å². The van der Waals surface area contributed by atoms with E-state index >= 15 is 0 Å². The molecule has 34 heavy (non-hydrogen) atoms. The number of phosphoric ester groups is 1. The molecule has 0 aromatic carbocycles. The summed E-state index contributed by atoms with van der Waals surface area (Å²) in [7, 11) is -4.37. The molecule has 0 aliphatic carbocycles. The maximum absolute atomic E-state index is 12.3. The summed E-state index contributed by atoms with van der Waals surface area (Å²) < 4.78 is 22.3. The van der Waals surface area contributed by atoms with E-state index in [9.17, 15) is 24.2 Å². The fourth-order valence-electron chi connectivity index (χ4n) is 2.21. The van der Waals surface area contributed by atoms with Gasteiger partial charge in [0.25, 0.3) is 0 Å². The minimum absolute atomic E-state index is 0.0190. The number of nitrogens with one attached hydrogen (secondary N) is 2. The Morgan fingerprint density at radius 3 is 2.12 bits per heavy atom. The van der Waals surface area contributed by atoms with E-state index in [1.165, 1.54) is 13.8 Å². The Morgan fingerprint density at radius 1 is 1.03 bits per heavy atom. The number of carbonyl (C=O) groups excluding carboxylic acids is 2. The number of rotatable bonds is 15. The van der Waals surface area contributed by atoms with E-state index in [1.54, 1.807) is 27.7 Å². The normalized spacial score (nSPS) is 15.9. The van der Waals surface area contributed by atoms with Crippen LogP contribution in [0.5, 0.6) is 0 Å². The third-order valence-corrected chi connectivity index (χ3v) is 5.92. The molecule has 0 rings (SSSR count). The lowest BCUT2D eigenvalue weighted by Gasteiger charge is -2.31. The molecule has 12 heteroatoms. The van der Waals surface area contributed by atoms with Crippen molar-refractivity contribution in [3.05, 3.63) is 0 Å². The molecular weight excluding hydrogens is 465 g/mol. The Kier molecular flexibility index (Phi) is 12.9. The van der Waals surface area contributed by atoms with Gasteiger partial charge in [0.1, 0.15) is 11.7 Å². The number of hydrogen-bond acceptors (Lipinski definition) is 8. The van der Waals surface area contributed by atoms with Crippen LogP contribution in [0.1, 0.15) is 81.6 Å². The molecular formula is C22H44N3O8P. The van der Waals surface area contributed by atoms with E-state index in [2.05, 4.69) is 15.8 Å². The molecule has 0 saturated carbocycles. The van der Waals surface area contributed by atoms with Gasteiger partial charge in [-0.25, -0.2) is 4.57 Å². The molecule has 1 unspecified atom stereocenters. The van der Waals surface area contributed by atoms with Gasteiger partial charge in [-0.2, -0.15) is 0 Å². The first-order chi connectivity index (χ1) is 15.3. The lowest BCUT2D eigenvalue weighted by atomic mass is 9.87. The molecule has 0 aliphatic heterocycles. The highest BCUT2D eigenvalue weighted by Gasteiger charge is 2.38. The van der Waals surface area contributed by atoms with Crippen LogP contribution >= 0.6 is 7.82 Å². The van der Waals surface area contributed by atoms with Gasteiger partial charge in [-0.3, -0.25) is 18.6 Å². The zero-order valence-corrected chi connectivity index (χ0v) is 23.0. The number of oxime groups is 1. The molecule has 200 valence electrons. The van der Waals surface area contributed by atoms with Crippen molar-refractivity contribution in [2.24, 2.45) is 10.6 Å². The summed E-state index contributed by atoms with van der Waals surface area (Å²) in [6.45, 7) is 15.6. The molecule has 0 aromatic heterocycles. The van der Waals surface area contributed by atoms with Crippen molar-refractivity contribution in [1.29, 1.82) is 0 Å². The number of hydrogen-bond donors (Lipinski definition) is 4. The molecule has 4 N–H and O–H groups in total. The largest absolute Gasteiger partial charge is 0.472 e. The van der Waals surface area contributed by atoms with Crippen molar-refractivity contribution in [2.45, 2.75) is 98.9 Å². The van der Waals surface area contributed by atoms with Gasteiger partial charge in [0.15, 0.2) is 0 Å². The van der Waals surface area contributed by atoms with Gasteiger partial charge in [0.05, 0.1) is 17.9 Å². The second-order valence-corrected chi connectivity index (χ2v) is 11.9. The molecule has 11 nitrogen and oxygen atoms in total. The van der Waals surface area contributed by atoms with Gasteiger partial charge in [0, 0.05) is 31.3 Å². The van der Waals surface area contributed by atoms with E-state index in [0.717, 1.165) is 5.71 Å². The standard InChI is InChI=1S/C22H44N3O8P/c1-10-22(8,9)33-34(29,30)31-15-21(6,7)18(27)19(28)24-14-12-17(26)23-13-11-16(2)25-32-20(3,4)5/h18,27H,10-15H2,1-9H3,(H,23,26)(H,24,28)(H,29,30)/b25-16+/t18-/m1/s1. The third kappa shape index (κ3) is 14.7. The Hall–Kier alpha value is -1.52. The van der Waals surface area contributed by atoms with E-state index < -0.39 is 37.5 Å². The Bertz CT molecular complexity index is 747.